The molecule has 2 aromatic carbocycles. The van der Waals surface area contributed by atoms with Gasteiger partial charge in [-0.05, 0) is 67.9 Å². The fourth-order valence-electron chi connectivity index (χ4n) is 4.41. The maximum atomic E-state index is 12.9. The highest BCUT2D eigenvalue weighted by Crippen LogP contribution is 2.30. The molecule has 6 nitrogen and oxygen atoms in total. The summed E-state index contributed by atoms with van der Waals surface area (Å²) < 4.78 is 65.1. The molecule has 0 bridgehead atoms. The molecule has 2 aliphatic rings. The number of sulfonamides is 1. The van der Waals surface area contributed by atoms with Crippen molar-refractivity contribution < 1.29 is 26.4 Å². The lowest BCUT2D eigenvalue weighted by atomic mass is 10.1. The van der Waals surface area contributed by atoms with Crippen molar-refractivity contribution >= 4 is 15.9 Å². The second-order valence-corrected chi connectivity index (χ2v) is 10.7. The van der Waals surface area contributed by atoms with Gasteiger partial charge in [-0.15, -0.1) is 0 Å². The fourth-order valence-corrected chi connectivity index (χ4v) is 5.83. The topological polar surface area (TPSA) is 60.9 Å². The van der Waals surface area contributed by atoms with E-state index >= 15 is 0 Å². The molecule has 0 radical (unpaired) electrons. The summed E-state index contributed by atoms with van der Waals surface area (Å²) in [5.41, 5.74) is 0.816. The predicted molar refractivity (Wildman–Crippen MR) is 122 cm³/mol. The molecule has 10 heteroatoms. The van der Waals surface area contributed by atoms with E-state index in [1.165, 1.54) is 23.6 Å². The van der Waals surface area contributed by atoms with Crippen molar-refractivity contribution in [2.75, 3.05) is 39.3 Å². The van der Waals surface area contributed by atoms with E-state index in [-0.39, 0.29) is 37.0 Å². The van der Waals surface area contributed by atoms with Crippen molar-refractivity contribution in [2.45, 2.75) is 36.9 Å². The van der Waals surface area contributed by atoms with Crippen LogP contribution in [0.5, 0.6) is 0 Å². The van der Waals surface area contributed by atoms with Crippen LogP contribution < -0.4 is 0 Å². The van der Waals surface area contributed by atoms with Crippen LogP contribution in [-0.2, 0) is 22.7 Å². The zero-order valence-electron chi connectivity index (χ0n) is 18.8. The van der Waals surface area contributed by atoms with Crippen LogP contribution >= 0.6 is 0 Å². The Morgan fingerprint density at radius 1 is 0.794 bits per heavy atom. The number of piperidine rings is 1. The van der Waals surface area contributed by atoms with Crippen molar-refractivity contribution in [2.24, 2.45) is 0 Å². The van der Waals surface area contributed by atoms with Crippen LogP contribution in [0.25, 0.3) is 0 Å². The molecule has 2 aliphatic heterocycles. The first-order valence-electron chi connectivity index (χ1n) is 11.4. The quantitative estimate of drug-likeness (QED) is 0.633. The maximum Gasteiger partial charge on any atom is 0.416 e. The molecular weight excluding hydrogens is 467 g/mol. The van der Waals surface area contributed by atoms with Crippen molar-refractivity contribution in [3.8, 4) is 0 Å². The van der Waals surface area contributed by atoms with Crippen LogP contribution in [0, 0.1) is 0 Å². The summed E-state index contributed by atoms with van der Waals surface area (Å²) in [4.78, 5) is 16.7. The minimum Gasteiger partial charge on any atom is -0.336 e. The molecule has 0 N–H and O–H groups in total. The summed E-state index contributed by atoms with van der Waals surface area (Å²) in [6, 6.07) is 11.0. The van der Waals surface area contributed by atoms with Crippen LogP contribution in [-0.4, -0.2) is 67.7 Å². The first-order valence-corrected chi connectivity index (χ1v) is 12.9. The van der Waals surface area contributed by atoms with Crippen LogP contribution in [0.2, 0.25) is 0 Å². The predicted octanol–water partition coefficient (Wildman–Crippen LogP) is 3.84. The van der Waals surface area contributed by atoms with E-state index in [0.29, 0.717) is 5.56 Å². The number of piperazine rings is 1. The number of nitrogens with zero attached hydrogens (tertiary/aromatic N) is 3. The van der Waals surface area contributed by atoms with Crippen LogP contribution in [0.15, 0.2) is 53.4 Å². The number of hydrogen-bond donors (Lipinski definition) is 0. The highest BCUT2D eigenvalue weighted by atomic mass is 32.2. The highest BCUT2D eigenvalue weighted by molar-refractivity contribution is 7.89. The molecule has 0 aromatic heterocycles. The molecule has 4 rings (SSSR count). The molecule has 0 atom stereocenters. The zero-order valence-corrected chi connectivity index (χ0v) is 19.6. The van der Waals surface area contributed by atoms with Gasteiger partial charge in [-0.3, -0.25) is 9.69 Å². The SMILES string of the molecule is O=C(c1ccc(CN2CCCCC2)cc1)N1CCN(S(=O)(=O)c2ccc(C(F)(F)F)cc2)CC1. The smallest absolute Gasteiger partial charge is 0.336 e. The Labute approximate surface area is 198 Å². The van der Waals surface area contributed by atoms with Crippen LogP contribution in [0.3, 0.4) is 0 Å². The van der Waals surface area contributed by atoms with Gasteiger partial charge in [-0.1, -0.05) is 18.6 Å². The number of carbonyl (C=O) groups is 1. The largest absolute Gasteiger partial charge is 0.416 e. The molecule has 34 heavy (non-hydrogen) atoms. The monoisotopic (exact) mass is 495 g/mol. The van der Waals surface area contributed by atoms with Gasteiger partial charge in [-0.25, -0.2) is 8.42 Å². The molecule has 2 aromatic rings. The van der Waals surface area contributed by atoms with Gasteiger partial charge < -0.3 is 4.90 Å². The van der Waals surface area contributed by atoms with Gasteiger partial charge in [0.05, 0.1) is 10.5 Å². The second kappa shape index (κ2) is 10.1. The fraction of sp³-hybridized carbons (Fsp3) is 0.458. The van der Waals surface area contributed by atoms with Crippen molar-refractivity contribution in [3.05, 3.63) is 65.2 Å². The molecule has 0 spiro atoms. The van der Waals surface area contributed by atoms with Gasteiger partial charge in [0.25, 0.3) is 5.91 Å². The minimum absolute atomic E-state index is 0.0855. The minimum atomic E-state index is -4.53. The number of rotatable bonds is 5. The standard InChI is InChI=1S/C24H28F3N3O3S/c25-24(26,27)21-8-10-22(11-9-21)34(32,33)30-16-14-29(15-17-30)23(31)20-6-4-19(5-7-20)18-28-12-2-1-3-13-28/h4-11H,1-3,12-18H2. The number of amides is 1. The number of carbonyl (C=O) groups excluding carboxylic acids is 1. The summed E-state index contributed by atoms with van der Waals surface area (Å²) in [7, 11) is -3.93. The zero-order chi connectivity index (χ0) is 24.3. The Morgan fingerprint density at radius 3 is 1.94 bits per heavy atom. The van der Waals surface area contributed by atoms with Crippen molar-refractivity contribution in [1.82, 2.24) is 14.1 Å². The molecule has 2 saturated heterocycles. The lowest BCUT2D eigenvalue weighted by molar-refractivity contribution is -0.137. The molecule has 184 valence electrons. The van der Waals surface area contributed by atoms with Gasteiger partial charge in [0.2, 0.25) is 10.0 Å². The third-order valence-corrected chi connectivity index (χ3v) is 8.31. The first-order chi connectivity index (χ1) is 16.1. The summed E-state index contributed by atoms with van der Waals surface area (Å²) in [5, 5.41) is 0. The van der Waals surface area contributed by atoms with Crippen molar-refractivity contribution in [3.63, 3.8) is 0 Å². The summed E-state index contributed by atoms with van der Waals surface area (Å²) in [6.07, 6.45) is -0.808. The number of benzene rings is 2. The normalized spacial score (nSPS) is 18.7. The average Bonchev–Trinajstić information content (AvgIpc) is 2.84. The van der Waals surface area contributed by atoms with Gasteiger partial charge >= 0.3 is 6.18 Å². The van der Waals surface area contributed by atoms with E-state index in [1.807, 2.05) is 24.3 Å². The van der Waals surface area contributed by atoms with Gasteiger partial charge in [0, 0.05) is 38.3 Å². The van der Waals surface area contributed by atoms with E-state index < -0.39 is 21.8 Å². The molecule has 0 unspecified atom stereocenters. The number of likely N-dealkylation sites (tertiary alicyclic amines) is 1. The first kappa shape index (κ1) is 24.7. The van der Waals surface area contributed by atoms with E-state index in [9.17, 15) is 26.4 Å². The van der Waals surface area contributed by atoms with Gasteiger partial charge in [0.1, 0.15) is 0 Å². The Morgan fingerprint density at radius 2 is 1.38 bits per heavy atom. The number of halogens is 3. The Hall–Kier alpha value is -2.43. The van der Waals surface area contributed by atoms with Gasteiger partial charge in [-0.2, -0.15) is 17.5 Å². The highest BCUT2D eigenvalue weighted by Gasteiger charge is 2.33. The molecule has 2 fully saturated rings. The summed E-state index contributed by atoms with van der Waals surface area (Å²) in [5.74, 6) is -0.156. The Bertz CT molecular complexity index is 1090. The average molecular weight is 496 g/mol. The Balaban J connectivity index is 1.34. The number of alkyl halides is 3. The molecule has 2 heterocycles. The number of hydrogen-bond acceptors (Lipinski definition) is 4. The lowest BCUT2D eigenvalue weighted by Gasteiger charge is -2.34. The molecule has 0 aliphatic carbocycles. The van der Waals surface area contributed by atoms with Gasteiger partial charge in [0.15, 0.2) is 0 Å². The van der Waals surface area contributed by atoms with E-state index in [2.05, 4.69) is 4.90 Å². The molecule has 0 saturated carbocycles. The van der Waals surface area contributed by atoms with E-state index in [0.717, 1.165) is 49.5 Å². The summed E-state index contributed by atoms with van der Waals surface area (Å²) >= 11 is 0. The summed E-state index contributed by atoms with van der Waals surface area (Å²) in [6.45, 7) is 3.67. The second-order valence-electron chi connectivity index (χ2n) is 8.75. The van der Waals surface area contributed by atoms with Crippen molar-refractivity contribution in [1.29, 1.82) is 0 Å². The van der Waals surface area contributed by atoms with Crippen LogP contribution in [0.4, 0.5) is 13.2 Å². The molecular formula is C24H28F3N3O3S. The lowest BCUT2D eigenvalue weighted by Crippen LogP contribution is -2.50. The van der Waals surface area contributed by atoms with E-state index in [4.69, 9.17) is 0 Å². The Kier molecular flexibility index (Phi) is 7.30. The third-order valence-electron chi connectivity index (χ3n) is 6.40. The maximum absolute atomic E-state index is 12.9. The van der Waals surface area contributed by atoms with E-state index in [1.54, 1.807) is 4.90 Å². The third kappa shape index (κ3) is 5.61. The molecule has 1 amide bonds. The van der Waals surface area contributed by atoms with Crippen LogP contribution in [0.1, 0.15) is 40.7 Å².